The first-order valence-electron chi connectivity index (χ1n) is 11.9. The summed E-state index contributed by atoms with van der Waals surface area (Å²) >= 11 is 0. The summed E-state index contributed by atoms with van der Waals surface area (Å²) in [5.74, 6) is 0.456. The van der Waals surface area contributed by atoms with Crippen molar-refractivity contribution < 1.29 is 4.74 Å². The van der Waals surface area contributed by atoms with Gasteiger partial charge in [-0.1, -0.05) is 19.9 Å². The van der Waals surface area contributed by atoms with Crippen LogP contribution in [0.4, 0.5) is 0 Å². The minimum Gasteiger partial charge on any atom is -0.356 e. The number of nitrogens with zero attached hydrogens (tertiary/aromatic N) is 5. The lowest BCUT2D eigenvalue weighted by atomic mass is 9.80. The topological polar surface area (TPSA) is 84.0 Å². The van der Waals surface area contributed by atoms with Crippen molar-refractivity contribution in [1.82, 2.24) is 19.7 Å². The van der Waals surface area contributed by atoms with Gasteiger partial charge in [0.25, 0.3) is 5.56 Å². The van der Waals surface area contributed by atoms with Crippen molar-refractivity contribution >= 4 is 0 Å². The van der Waals surface area contributed by atoms with E-state index >= 15 is 0 Å². The molecule has 4 atom stereocenters. The molecule has 0 aromatic carbocycles. The van der Waals surface area contributed by atoms with Gasteiger partial charge in [-0.3, -0.25) is 14.7 Å². The van der Waals surface area contributed by atoms with Crippen molar-refractivity contribution in [2.24, 2.45) is 5.92 Å². The SMILES string of the molecule is CCc1ncccc1C(C)N1CCC(c2cnn(C3CCCCO3)c(=O)c2C#N)[C@H](C)C1. The fourth-order valence-corrected chi connectivity index (χ4v) is 5.31. The lowest BCUT2D eigenvalue weighted by Gasteiger charge is -2.40. The van der Waals surface area contributed by atoms with Gasteiger partial charge >= 0.3 is 0 Å². The van der Waals surface area contributed by atoms with Crippen LogP contribution in [0.5, 0.6) is 0 Å². The minimum atomic E-state index is -0.357. The van der Waals surface area contributed by atoms with Crippen LogP contribution in [0.1, 0.15) is 87.0 Å². The van der Waals surface area contributed by atoms with Crippen molar-refractivity contribution in [1.29, 1.82) is 5.26 Å². The lowest BCUT2D eigenvalue weighted by molar-refractivity contribution is -0.0426. The van der Waals surface area contributed by atoms with Crippen LogP contribution >= 0.6 is 0 Å². The molecular formula is C25H33N5O2. The number of rotatable bonds is 5. The molecule has 3 unspecified atom stereocenters. The van der Waals surface area contributed by atoms with E-state index < -0.39 is 0 Å². The number of hydrogen-bond acceptors (Lipinski definition) is 6. The Morgan fingerprint density at radius 2 is 2.19 bits per heavy atom. The summed E-state index contributed by atoms with van der Waals surface area (Å²) in [6.07, 6.45) is 7.84. The van der Waals surface area contributed by atoms with Crippen molar-refractivity contribution in [3.05, 3.63) is 57.3 Å². The first-order valence-corrected chi connectivity index (χ1v) is 11.9. The van der Waals surface area contributed by atoms with E-state index in [-0.39, 0.29) is 29.3 Å². The zero-order valence-electron chi connectivity index (χ0n) is 19.3. The largest absolute Gasteiger partial charge is 0.356 e. The maximum atomic E-state index is 13.1. The third kappa shape index (κ3) is 4.35. The molecule has 2 aliphatic heterocycles. The third-order valence-electron chi connectivity index (χ3n) is 7.17. The summed E-state index contributed by atoms with van der Waals surface area (Å²) in [5, 5.41) is 14.3. The number of piperidine rings is 1. The van der Waals surface area contributed by atoms with Crippen LogP contribution < -0.4 is 5.56 Å². The van der Waals surface area contributed by atoms with E-state index in [4.69, 9.17) is 4.74 Å². The number of pyridine rings is 1. The van der Waals surface area contributed by atoms with Crippen molar-refractivity contribution in [2.45, 2.75) is 71.1 Å². The minimum absolute atomic E-state index is 0.148. The Morgan fingerprint density at radius 3 is 2.88 bits per heavy atom. The Kier molecular flexibility index (Phi) is 7.02. The van der Waals surface area contributed by atoms with Gasteiger partial charge in [-0.2, -0.15) is 15.0 Å². The molecule has 0 saturated carbocycles. The monoisotopic (exact) mass is 435 g/mol. The van der Waals surface area contributed by atoms with E-state index in [2.05, 4.69) is 47.9 Å². The molecule has 0 radical (unpaired) electrons. The second-order valence-corrected chi connectivity index (χ2v) is 9.09. The Labute approximate surface area is 190 Å². The Hall–Kier alpha value is -2.56. The van der Waals surface area contributed by atoms with Gasteiger partial charge in [0.15, 0.2) is 6.23 Å². The maximum absolute atomic E-state index is 13.1. The molecule has 2 fully saturated rings. The number of aryl methyl sites for hydroxylation is 1. The van der Waals surface area contributed by atoms with Gasteiger partial charge < -0.3 is 4.74 Å². The molecule has 2 aliphatic rings. The molecule has 7 nitrogen and oxygen atoms in total. The first kappa shape index (κ1) is 22.6. The number of nitriles is 1. The molecule has 7 heteroatoms. The van der Waals surface area contributed by atoms with Gasteiger partial charge in [0.2, 0.25) is 0 Å². The average molecular weight is 436 g/mol. The molecule has 32 heavy (non-hydrogen) atoms. The molecule has 0 amide bonds. The second-order valence-electron chi connectivity index (χ2n) is 9.09. The number of aromatic nitrogens is 3. The molecule has 4 heterocycles. The summed E-state index contributed by atoms with van der Waals surface area (Å²) in [4.78, 5) is 20.1. The van der Waals surface area contributed by atoms with Crippen molar-refractivity contribution in [2.75, 3.05) is 19.7 Å². The van der Waals surface area contributed by atoms with E-state index in [0.29, 0.717) is 12.5 Å². The summed E-state index contributed by atoms with van der Waals surface area (Å²) < 4.78 is 7.10. The highest BCUT2D eigenvalue weighted by molar-refractivity contribution is 5.37. The Bertz CT molecular complexity index is 1040. The molecule has 170 valence electrons. The molecule has 0 aliphatic carbocycles. The van der Waals surface area contributed by atoms with E-state index in [1.807, 2.05) is 12.3 Å². The zero-order valence-corrected chi connectivity index (χ0v) is 19.3. The molecule has 2 aromatic heterocycles. The molecule has 0 spiro atoms. The van der Waals surface area contributed by atoms with Crippen molar-refractivity contribution in [3.8, 4) is 6.07 Å². The van der Waals surface area contributed by atoms with Gasteiger partial charge in [0.05, 0.1) is 6.20 Å². The maximum Gasteiger partial charge on any atom is 0.287 e. The molecule has 2 aromatic rings. The normalized spacial score (nSPS) is 25.2. The number of ether oxygens (including phenoxy) is 1. The summed E-state index contributed by atoms with van der Waals surface area (Å²) in [5.41, 5.74) is 3.14. The summed E-state index contributed by atoms with van der Waals surface area (Å²) in [7, 11) is 0. The molecule has 4 rings (SSSR count). The highest BCUT2D eigenvalue weighted by Crippen LogP contribution is 2.37. The van der Waals surface area contributed by atoms with E-state index in [1.54, 1.807) is 6.20 Å². The average Bonchev–Trinajstić information content (AvgIpc) is 2.84. The van der Waals surface area contributed by atoms with E-state index in [0.717, 1.165) is 56.5 Å². The quantitative estimate of drug-likeness (QED) is 0.707. The van der Waals surface area contributed by atoms with Crippen LogP contribution in [0.15, 0.2) is 29.3 Å². The third-order valence-corrected chi connectivity index (χ3v) is 7.17. The van der Waals surface area contributed by atoms with Crippen LogP contribution in [-0.2, 0) is 11.2 Å². The van der Waals surface area contributed by atoms with Crippen LogP contribution in [-0.4, -0.2) is 39.4 Å². The van der Waals surface area contributed by atoms with Gasteiger partial charge in [-0.25, -0.2) is 0 Å². The Morgan fingerprint density at radius 1 is 1.34 bits per heavy atom. The standard InChI is InChI=1S/C25H33N5O2/c1-4-23-20(8-7-11-27-23)18(3)29-12-10-19(17(2)16-29)22-15-28-30(25(31)21(22)14-26)24-9-5-6-13-32-24/h7-8,11,15,17-19,24H,4-6,9-10,12-13,16H2,1-3H3/t17-,18?,19?,24?/m1/s1. The summed E-state index contributed by atoms with van der Waals surface area (Å²) in [6.45, 7) is 9.05. The van der Waals surface area contributed by atoms with Gasteiger partial charge in [-0.15, -0.1) is 0 Å². The smallest absolute Gasteiger partial charge is 0.287 e. The van der Waals surface area contributed by atoms with Crippen molar-refractivity contribution in [3.63, 3.8) is 0 Å². The number of likely N-dealkylation sites (tertiary alicyclic amines) is 1. The molecule has 0 N–H and O–H groups in total. The highest BCUT2D eigenvalue weighted by Gasteiger charge is 2.33. The molecular weight excluding hydrogens is 402 g/mol. The fourth-order valence-electron chi connectivity index (χ4n) is 5.31. The predicted molar refractivity (Wildman–Crippen MR) is 122 cm³/mol. The molecule has 2 saturated heterocycles. The number of hydrogen-bond donors (Lipinski definition) is 0. The predicted octanol–water partition coefficient (Wildman–Crippen LogP) is 3.96. The highest BCUT2D eigenvalue weighted by atomic mass is 16.5. The fraction of sp³-hybridized carbons (Fsp3) is 0.600. The first-order chi connectivity index (χ1) is 15.5. The van der Waals surface area contributed by atoms with Crippen LogP contribution in [0.25, 0.3) is 0 Å². The van der Waals surface area contributed by atoms with E-state index in [1.165, 1.54) is 10.2 Å². The lowest BCUT2D eigenvalue weighted by Crippen LogP contribution is -2.41. The van der Waals surface area contributed by atoms with Crippen LogP contribution in [0.3, 0.4) is 0 Å². The van der Waals surface area contributed by atoms with Crippen LogP contribution in [0.2, 0.25) is 0 Å². The van der Waals surface area contributed by atoms with Gasteiger partial charge in [0, 0.05) is 31.1 Å². The zero-order chi connectivity index (χ0) is 22.7. The molecule has 0 bridgehead atoms. The van der Waals surface area contributed by atoms with E-state index in [9.17, 15) is 10.1 Å². The van der Waals surface area contributed by atoms with Gasteiger partial charge in [0.1, 0.15) is 11.6 Å². The van der Waals surface area contributed by atoms with Gasteiger partial charge in [-0.05, 0) is 74.6 Å². The second kappa shape index (κ2) is 9.93. The summed E-state index contributed by atoms with van der Waals surface area (Å²) in [6, 6.07) is 6.66. The Balaban J connectivity index is 1.54. The van der Waals surface area contributed by atoms with Crippen LogP contribution in [0, 0.1) is 17.2 Å².